The zero-order valence-corrected chi connectivity index (χ0v) is 15.6. The van der Waals surface area contributed by atoms with Crippen LogP contribution in [0.2, 0.25) is 0 Å². The zero-order valence-electron chi connectivity index (χ0n) is 15.6. The summed E-state index contributed by atoms with van der Waals surface area (Å²) in [5.41, 5.74) is 0.0854. The fourth-order valence-electron chi connectivity index (χ4n) is 2.62. The molecule has 154 valence electrons. The van der Waals surface area contributed by atoms with Crippen LogP contribution in [0.1, 0.15) is 18.2 Å². The van der Waals surface area contributed by atoms with E-state index in [1.807, 2.05) is 13.0 Å². The van der Waals surface area contributed by atoms with E-state index >= 15 is 0 Å². The summed E-state index contributed by atoms with van der Waals surface area (Å²) in [4.78, 5) is 7.32. The van der Waals surface area contributed by atoms with Gasteiger partial charge in [-0.2, -0.15) is 13.2 Å². The first-order chi connectivity index (χ1) is 13.6. The molecule has 0 unspecified atom stereocenters. The first kappa shape index (κ1) is 20.7. The van der Waals surface area contributed by atoms with Gasteiger partial charge in [-0.1, -0.05) is 5.21 Å². The Morgan fingerprint density at radius 1 is 1.21 bits per heavy atom. The first-order valence-corrected chi connectivity index (χ1v) is 8.58. The second-order valence-electron chi connectivity index (χ2n) is 6.93. The molecule has 0 aliphatic rings. The number of nitrogens with zero attached hydrogens (tertiary/aromatic N) is 5. The Labute approximate surface area is 164 Å². The van der Waals surface area contributed by atoms with E-state index in [9.17, 15) is 18.3 Å². The highest BCUT2D eigenvalue weighted by Crippen LogP contribution is 2.29. The highest BCUT2D eigenvalue weighted by Gasteiger charge is 2.32. The molecule has 1 atom stereocenters. The van der Waals surface area contributed by atoms with E-state index in [4.69, 9.17) is 5.11 Å². The van der Waals surface area contributed by atoms with Crippen molar-refractivity contribution in [2.75, 3.05) is 11.9 Å². The number of aliphatic hydroxyl groups is 2. The molecule has 2 aromatic heterocycles. The molecule has 11 heteroatoms. The van der Waals surface area contributed by atoms with Crippen molar-refractivity contribution in [2.45, 2.75) is 32.2 Å². The van der Waals surface area contributed by atoms with Crippen LogP contribution in [-0.2, 0) is 12.7 Å². The van der Waals surface area contributed by atoms with Crippen LogP contribution in [0, 0.1) is 6.92 Å². The Kier molecular flexibility index (Phi) is 5.53. The largest absolute Gasteiger partial charge is 0.433 e. The maximum Gasteiger partial charge on any atom is 0.433 e. The predicted molar refractivity (Wildman–Crippen MR) is 98.2 cm³/mol. The molecule has 0 fully saturated rings. The summed E-state index contributed by atoms with van der Waals surface area (Å²) in [5, 5.41) is 29.9. The second-order valence-corrected chi connectivity index (χ2v) is 6.93. The van der Waals surface area contributed by atoms with Gasteiger partial charge in [0.15, 0.2) is 0 Å². The first-order valence-electron chi connectivity index (χ1n) is 8.58. The number of aliphatic hydroxyl groups excluding tert-OH is 1. The van der Waals surface area contributed by atoms with Gasteiger partial charge in [-0.15, -0.1) is 5.10 Å². The molecule has 0 aliphatic carbocycles. The van der Waals surface area contributed by atoms with Gasteiger partial charge in [0, 0.05) is 17.4 Å². The van der Waals surface area contributed by atoms with Crippen molar-refractivity contribution in [1.82, 2.24) is 25.0 Å². The van der Waals surface area contributed by atoms with E-state index in [1.165, 1.54) is 11.6 Å². The Balaban J connectivity index is 1.85. The van der Waals surface area contributed by atoms with Gasteiger partial charge in [-0.3, -0.25) is 0 Å². The second kappa shape index (κ2) is 7.76. The molecule has 0 amide bonds. The number of halogens is 3. The molecule has 0 spiro atoms. The average Bonchev–Trinajstić information content (AvgIpc) is 3.08. The van der Waals surface area contributed by atoms with Gasteiger partial charge >= 0.3 is 6.18 Å². The smallest absolute Gasteiger partial charge is 0.393 e. The summed E-state index contributed by atoms with van der Waals surface area (Å²) < 4.78 is 39.9. The van der Waals surface area contributed by atoms with Gasteiger partial charge in [0.2, 0.25) is 5.95 Å². The van der Waals surface area contributed by atoms with E-state index in [0.29, 0.717) is 16.9 Å². The monoisotopic (exact) mass is 408 g/mol. The molecule has 0 radical (unpaired) electrons. The summed E-state index contributed by atoms with van der Waals surface area (Å²) in [5.74, 6) is -0.181. The highest BCUT2D eigenvalue weighted by molar-refractivity contribution is 5.68. The van der Waals surface area contributed by atoms with Crippen molar-refractivity contribution in [1.29, 1.82) is 0 Å². The number of hydrogen-bond donors (Lipinski definition) is 3. The molecule has 3 N–H and O–H groups in total. The van der Waals surface area contributed by atoms with Gasteiger partial charge in [0.05, 0.1) is 19.3 Å². The SMILES string of the molecule is Cc1cc(Nc2nccc(C(F)(F)F)n2)cc(-c2cn(C[C@@](C)(O)CO)nn2)c1. The van der Waals surface area contributed by atoms with Gasteiger partial charge in [-0.25, -0.2) is 14.6 Å². The Bertz CT molecular complexity index is 1000. The number of nitrogens with one attached hydrogen (secondary N) is 1. The van der Waals surface area contributed by atoms with Crippen LogP contribution in [0.25, 0.3) is 11.3 Å². The Hall–Kier alpha value is -3.05. The van der Waals surface area contributed by atoms with Crippen LogP contribution in [0.15, 0.2) is 36.7 Å². The van der Waals surface area contributed by atoms with Crippen LogP contribution in [0.4, 0.5) is 24.8 Å². The lowest BCUT2D eigenvalue weighted by Crippen LogP contribution is -2.34. The third-order valence-corrected chi connectivity index (χ3v) is 3.96. The number of anilines is 2. The highest BCUT2D eigenvalue weighted by atomic mass is 19.4. The van der Waals surface area contributed by atoms with E-state index in [2.05, 4.69) is 25.6 Å². The fourth-order valence-corrected chi connectivity index (χ4v) is 2.62. The van der Waals surface area contributed by atoms with Gasteiger partial charge < -0.3 is 15.5 Å². The number of alkyl halides is 3. The van der Waals surface area contributed by atoms with Gasteiger partial charge in [0.1, 0.15) is 17.0 Å². The van der Waals surface area contributed by atoms with Gasteiger partial charge in [-0.05, 0) is 43.7 Å². The minimum atomic E-state index is -4.56. The lowest BCUT2D eigenvalue weighted by Gasteiger charge is -2.19. The molecular formula is C18H19F3N6O2. The quantitative estimate of drug-likeness (QED) is 0.575. The molecule has 3 rings (SSSR count). The molecule has 2 heterocycles. The van der Waals surface area contributed by atoms with Crippen LogP contribution < -0.4 is 5.32 Å². The van der Waals surface area contributed by atoms with Crippen LogP contribution in [0.5, 0.6) is 0 Å². The molecule has 0 aliphatic heterocycles. The normalized spacial score (nSPS) is 13.9. The third kappa shape index (κ3) is 5.27. The summed E-state index contributed by atoms with van der Waals surface area (Å²) in [6.45, 7) is 2.91. The van der Waals surface area contributed by atoms with E-state index < -0.39 is 24.1 Å². The number of hydrogen-bond acceptors (Lipinski definition) is 7. The number of aromatic nitrogens is 5. The van der Waals surface area contributed by atoms with Crippen molar-refractivity contribution >= 4 is 11.6 Å². The van der Waals surface area contributed by atoms with Crippen molar-refractivity contribution in [3.05, 3.63) is 47.9 Å². The summed E-state index contributed by atoms with van der Waals surface area (Å²) in [7, 11) is 0. The Morgan fingerprint density at radius 2 is 1.97 bits per heavy atom. The minimum absolute atomic E-state index is 0.0471. The standard InChI is InChI=1S/C18H19F3N6O2/c1-11-5-12(14-8-27(26-25-14)9-17(2,29)10-28)7-13(6-11)23-16-22-4-3-15(24-16)18(19,20)21/h3-8,28-29H,9-10H2,1-2H3,(H,22,23,24)/t17-/m1/s1. The molecular weight excluding hydrogens is 389 g/mol. The summed E-state index contributed by atoms with van der Waals surface area (Å²) in [6.07, 6.45) is -1.93. The van der Waals surface area contributed by atoms with Crippen LogP contribution in [-0.4, -0.2) is 47.4 Å². The molecule has 3 aromatic rings. The van der Waals surface area contributed by atoms with Crippen LogP contribution in [0.3, 0.4) is 0 Å². The van der Waals surface area contributed by atoms with E-state index in [0.717, 1.165) is 17.8 Å². The lowest BCUT2D eigenvalue weighted by molar-refractivity contribution is -0.141. The summed E-state index contributed by atoms with van der Waals surface area (Å²) >= 11 is 0. The van der Waals surface area contributed by atoms with Crippen LogP contribution >= 0.6 is 0 Å². The van der Waals surface area contributed by atoms with Crippen molar-refractivity contribution in [3.8, 4) is 11.3 Å². The van der Waals surface area contributed by atoms with E-state index in [-0.39, 0.29) is 12.5 Å². The third-order valence-electron chi connectivity index (χ3n) is 3.96. The molecule has 0 saturated heterocycles. The molecule has 29 heavy (non-hydrogen) atoms. The fraction of sp³-hybridized carbons (Fsp3) is 0.333. The number of benzene rings is 1. The molecule has 1 aromatic carbocycles. The summed E-state index contributed by atoms with van der Waals surface area (Å²) in [6, 6.07) is 6.03. The van der Waals surface area contributed by atoms with Crippen molar-refractivity contribution < 1.29 is 23.4 Å². The molecule has 0 saturated carbocycles. The topological polar surface area (TPSA) is 109 Å². The molecule has 8 nitrogen and oxygen atoms in total. The maximum absolute atomic E-state index is 12.8. The maximum atomic E-state index is 12.8. The van der Waals surface area contributed by atoms with E-state index in [1.54, 1.807) is 18.3 Å². The zero-order chi connectivity index (χ0) is 21.2. The van der Waals surface area contributed by atoms with Crippen molar-refractivity contribution in [2.24, 2.45) is 0 Å². The predicted octanol–water partition coefficient (Wildman–Crippen LogP) is 2.55. The minimum Gasteiger partial charge on any atom is -0.393 e. The molecule has 0 bridgehead atoms. The average molecular weight is 408 g/mol. The van der Waals surface area contributed by atoms with Crippen molar-refractivity contribution in [3.63, 3.8) is 0 Å². The number of rotatable bonds is 6. The number of aryl methyl sites for hydroxylation is 1. The van der Waals surface area contributed by atoms with Gasteiger partial charge in [0.25, 0.3) is 0 Å². The Morgan fingerprint density at radius 3 is 2.66 bits per heavy atom. The lowest BCUT2D eigenvalue weighted by atomic mass is 10.1.